The highest BCUT2D eigenvalue weighted by molar-refractivity contribution is 5.92. The van der Waals surface area contributed by atoms with Crippen molar-refractivity contribution < 1.29 is 4.79 Å². The van der Waals surface area contributed by atoms with E-state index in [2.05, 4.69) is 16.5 Å². The van der Waals surface area contributed by atoms with Gasteiger partial charge in [0.25, 0.3) is 0 Å². The lowest BCUT2D eigenvalue weighted by atomic mass is 10.2. The van der Waals surface area contributed by atoms with Crippen LogP contribution in [0.5, 0.6) is 0 Å². The normalized spacial score (nSPS) is 9.50. The van der Waals surface area contributed by atoms with E-state index in [0.29, 0.717) is 11.4 Å². The molecule has 62 valence electrons. The Balaban J connectivity index is 3.12. The van der Waals surface area contributed by atoms with Gasteiger partial charge in [0.05, 0.1) is 18.1 Å². The molecule has 0 bridgehead atoms. The summed E-state index contributed by atoms with van der Waals surface area (Å²) in [5.41, 5.74) is 1.86. The number of aromatic nitrogens is 2. The molecule has 1 heterocycles. The molecule has 0 unspecified atom stereocenters. The molecule has 0 saturated carbocycles. The maximum absolute atomic E-state index is 10.9. The lowest BCUT2D eigenvalue weighted by Gasteiger charge is -1.98. The highest BCUT2D eigenvalue weighted by Gasteiger charge is 2.02. The molecule has 0 aliphatic heterocycles. The Morgan fingerprint density at radius 2 is 1.92 bits per heavy atom. The second-order valence-corrected chi connectivity index (χ2v) is 2.63. The van der Waals surface area contributed by atoms with Crippen LogP contribution in [-0.2, 0) is 0 Å². The van der Waals surface area contributed by atoms with Gasteiger partial charge in [0, 0.05) is 6.92 Å². The lowest BCUT2D eigenvalue weighted by Crippen LogP contribution is -1.99. The van der Waals surface area contributed by atoms with Crippen LogP contribution in [0.2, 0.25) is 0 Å². The SMILES string of the molecule is C=C(C)c1cncc(C(C)=O)n1. The van der Waals surface area contributed by atoms with Crippen molar-refractivity contribution in [3.8, 4) is 0 Å². The van der Waals surface area contributed by atoms with Crippen LogP contribution in [0.4, 0.5) is 0 Å². The summed E-state index contributed by atoms with van der Waals surface area (Å²) < 4.78 is 0. The zero-order valence-electron chi connectivity index (χ0n) is 7.16. The fourth-order valence-corrected chi connectivity index (χ4v) is 0.741. The Labute approximate surface area is 71.2 Å². The molecule has 0 amide bonds. The molecule has 1 aromatic heterocycles. The van der Waals surface area contributed by atoms with Crippen molar-refractivity contribution in [1.82, 2.24) is 9.97 Å². The smallest absolute Gasteiger partial charge is 0.179 e. The number of carbonyl (C=O) groups excluding carboxylic acids is 1. The Bertz CT molecular complexity index is 302. The molecule has 0 radical (unpaired) electrons. The van der Waals surface area contributed by atoms with E-state index >= 15 is 0 Å². The molecule has 0 aliphatic carbocycles. The van der Waals surface area contributed by atoms with Crippen molar-refractivity contribution in [3.05, 3.63) is 30.4 Å². The minimum Gasteiger partial charge on any atom is -0.293 e. The first-order valence-electron chi connectivity index (χ1n) is 3.60. The van der Waals surface area contributed by atoms with Crippen LogP contribution in [0.3, 0.4) is 0 Å². The zero-order chi connectivity index (χ0) is 9.14. The molecule has 0 fully saturated rings. The van der Waals surface area contributed by atoms with Crippen LogP contribution in [0.1, 0.15) is 30.0 Å². The third kappa shape index (κ3) is 1.75. The minimum atomic E-state index is -0.0781. The second kappa shape index (κ2) is 3.26. The molecular formula is C9H10N2O. The molecular weight excluding hydrogens is 152 g/mol. The van der Waals surface area contributed by atoms with Crippen LogP contribution in [0.25, 0.3) is 5.57 Å². The van der Waals surface area contributed by atoms with Gasteiger partial charge in [-0.3, -0.25) is 9.78 Å². The van der Waals surface area contributed by atoms with Gasteiger partial charge in [0.15, 0.2) is 5.78 Å². The second-order valence-electron chi connectivity index (χ2n) is 2.63. The fourth-order valence-electron chi connectivity index (χ4n) is 0.741. The van der Waals surface area contributed by atoms with Crippen molar-refractivity contribution in [2.45, 2.75) is 13.8 Å². The van der Waals surface area contributed by atoms with E-state index < -0.39 is 0 Å². The van der Waals surface area contributed by atoms with Crippen LogP contribution >= 0.6 is 0 Å². The molecule has 12 heavy (non-hydrogen) atoms. The highest BCUT2D eigenvalue weighted by Crippen LogP contribution is 2.06. The largest absolute Gasteiger partial charge is 0.293 e. The summed E-state index contributed by atoms with van der Waals surface area (Å²) in [7, 11) is 0. The molecule has 0 atom stereocenters. The average Bonchev–Trinajstić information content (AvgIpc) is 2.04. The van der Waals surface area contributed by atoms with Crippen LogP contribution in [0.15, 0.2) is 19.0 Å². The summed E-state index contributed by atoms with van der Waals surface area (Å²) in [5.74, 6) is -0.0781. The van der Waals surface area contributed by atoms with Gasteiger partial charge in [-0.25, -0.2) is 4.98 Å². The maximum Gasteiger partial charge on any atom is 0.179 e. The number of hydrogen-bond acceptors (Lipinski definition) is 3. The molecule has 0 spiro atoms. The number of rotatable bonds is 2. The Morgan fingerprint density at radius 3 is 2.42 bits per heavy atom. The summed E-state index contributed by atoms with van der Waals surface area (Å²) >= 11 is 0. The van der Waals surface area contributed by atoms with E-state index in [-0.39, 0.29) is 5.78 Å². The van der Waals surface area contributed by atoms with Gasteiger partial charge in [-0.05, 0) is 12.5 Å². The third-order valence-corrected chi connectivity index (χ3v) is 1.43. The van der Waals surface area contributed by atoms with Gasteiger partial charge < -0.3 is 0 Å². The monoisotopic (exact) mass is 162 g/mol. The van der Waals surface area contributed by atoms with Gasteiger partial charge in [0.2, 0.25) is 0 Å². The van der Waals surface area contributed by atoms with E-state index in [1.54, 1.807) is 6.20 Å². The van der Waals surface area contributed by atoms with Gasteiger partial charge in [0.1, 0.15) is 5.69 Å². The van der Waals surface area contributed by atoms with Crippen molar-refractivity contribution >= 4 is 11.4 Å². The van der Waals surface area contributed by atoms with Crippen LogP contribution < -0.4 is 0 Å². The van der Waals surface area contributed by atoms with E-state index in [1.807, 2.05) is 6.92 Å². The third-order valence-electron chi connectivity index (χ3n) is 1.43. The predicted molar refractivity (Wildman–Crippen MR) is 46.7 cm³/mol. The number of allylic oxidation sites excluding steroid dienone is 1. The summed E-state index contributed by atoms with van der Waals surface area (Å²) in [5, 5.41) is 0. The maximum atomic E-state index is 10.9. The average molecular weight is 162 g/mol. The molecule has 0 saturated heterocycles. The predicted octanol–water partition coefficient (Wildman–Crippen LogP) is 1.71. The quantitative estimate of drug-likeness (QED) is 0.622. The summed E-state index contributed by atoms with van der Waals surface area (Å²) in [6.07, 6.45) is 3.05. The number of nitrogens with zero attached hydrogens (tertiary/aromatic N) is 2. The van der Waals surface area contributed by atoms with Crippen molar-refractivity contribution in [3.63, 3.8) is 0 Å². The molecule has 1 rings (SSSR count). The fraction of sp³-hybridized carbons (Fsp3) is 0.222. The molecule has 3 nitrogen and oxygen atoms in total. The summed E-state index contributed by atoms with van der Waals surface area (Å²) in [6.45, 7) is 7.00. The van der Waals surface area contributed by atoms with Gasteiger partial charge >= 0.3 is 0 Å². The van der Waals surface area contributed by atoms with Crippen LogP contribution in [-0.4, -0.2) is 15.8 Å². The number of carbonyl (C=O) groups is 1. The number of Topliss-reactive ketones (excluding diaryl/α,β-unsaturated/α-hetero) is 1. The Kier molecular flexibility index (Phi) is 2.33. The topological polar surface area (TPSA) is 42.9 Å². The number of hydrogen-bond donors (Lipinski definition) is 0. The standard InChI is InChI=1S/C9H10N2O/c1-6(2)8-4-10-5-9(11-8)7(3)12/h4-5H,1H2,2-3H3. The summed E-state index contributed by atoms with van der Waals surface area (Å²) in [6, 6.07) is 0. The highest BCUT2D eigenvalue weighted by atomic mass is 16.1. The summed E-state index contributed by atoms with van der Waals surface area (Å²) in [4.78, 5) is 18.8. The van der Waals surface area contributed by atoms with Crippen molar-refractivity contribution in [2.24, 2.45) is 0 Å². The van der Waals surface area contributed by atoms with Crippen molar-refractivity contribution in [2.75, 3.05) is 0 Å². The first-order chi connectivity index (χ1) is 5.61. The van der Waals surface area contributed by atoms with E-state index in [1.165, 1.54) is 13.1 Å². The molecule has 0 N–H and O–H groups in total. The molecule has 0 aliphatic rings. The first-order valence-corrected chi connectivity index (χ1v) is 3.60. The number of ketones is 1. The van der Waals surface area contributed by atoms with E-state index in [4.69, 9.17) is 0 Å². The first kappa shape index (κ1) is 8.59. The van der Waals surface area contributed by atoms with E-state index in [9.17, 15) is 4.79 Å². The van der Waals surface area contributed by atoms with E-state index in [0.717, 1.165) is 5.57 Å². The molecule has 1 aromatic rings. The lowest BCUT2D eigenvalue weighted by molar-refractivity contribution is 0.101. The molecule has 3 heteroatoms. The zero-order valence-corrected chi connectivity index (χ0v) is 7.16. The Hall–Kier alpha value is -1.51. The van der Waals surface area contributed by atoms with Gasteiger partial charge in [-0.1, -0.05) is 6.58 Å². The van der Waals surface area contributed by atoms with Gasteiger partial charge in [-0.15, -0.1) is 0 Å². The van der Waals surface area contributed by atoms with Gasteiger partial charge in [-0.2, -0.15) is 0 Å². The van der Waals surface area contributed by atoms with Crippen LogP contribution in [0, 0.1) is 0 Å². The Morgan fingerprint density at radius 1 is 1.33 bits per heavy atom. The minimum absolute atomic E-state index is 0.0781. The van der Waals surface area contributed by atoms with Crippen molar-refractivity contribution in [1.29, 1.82) is 0 Å². The molecule has 0 aromatic carbocycles.